The molecule has 0 atom stereocenters. The molecule has 0 unspecified atom stereocenters. The Kier molecular flexibility index (Phi) is 5.49. The normalized spacial score (nSPS) is 22.6. The van der Waals surface area contributed by atoms with Crippen molar-refractivity contribution >= 4 is 5.69 Å². The third-order valence-electron chi connectivity index (χ3n) is 4.00. The summed E-state index contributed by atoms with van der Waals surface area (Å²) in [5.74, 6) is 0. The molecular weight excluding hydrogens is 256 g/mol. The highest BCUT2D eigenvalue weighted by molar-refractivity contribution is 5.39. The smallest absolute Gasteiger partial charge is 0.272 e. The number of nitro groups is 1. The van der Waals surface area contributed by atoms with Crippen LogP contribution in [-0.4, -0.2) is 30.7 Å². The van der Waals surface area contributed by atoms with Gasteiger partial charge in [-0.05, 0) is 32.7 Å². The molecule has 0 aliphatic heterocycles. The molecule has 5 heteroatoms. The number of benzene rings is 1. The second kappa shape index (κ2) is 7.36. The maximum absolute atomic E-state index is 10.9. The van der Waals surface area contributed by atoms with Crippen molar-refractivity contribution in [2.24, 2.45) is 0 Å². The lowest BCUT2D eigenvalue weighted by atomic mass is 9.93. The molecular formula is C15H22N2O3. The van der Waals surface area contributed by atoms with E-state index in [1.54, 1.807) is 18.2 Å². The molecule has 1 saturated carbocycles. The standard InChI is InChI=1S/C15H22N2O3/c1-16-13-6-8-14(9-7-13)20-11-10-12-4-2-3-5-15(12)17(18)19/h2-5,13-14,16H,6-11H2,1H3. The number of hydrogen-bond donors (Lipinski definition) is 1. The zero-order chi connectivity index (χ0) is 14.4. The van der Waals surface area contributed by atoms with Crippen LogP contribution >= 0.6 is 0 Å². The fourth-order valence-corrected chi connectivity index (χ4v) is 2.75. The molecule has 0 spiro atoms. The van der Waals surface area contributed by atoms with Gasteiger partial charge in [-0.25, -0.2) is 0 Å². The Morgan fingerprint density at radius 3 is 2.65 bits per heavy atom. The van der Waals surface area contributed by atoms with Gasteiger partial charge >= 0.3 is 0 Å². The molecule has 0 heterocycles. The van der Waals surface area contributed by atoms with Crippen LogP contribution in [0.15, 0.2) is 24.3 Å². The predicted molar refractivity (Wildman–Crippen MR) is 77.9 cm³/mol. The quantitative estimate of drug-likeness (QED) is 0.642. The van der Waals surface area contributed by atoms with Crippen molar-refractivity contribution in [3.8, 4) is 0 Å². The molecule has 0 aromatic heterocycles. The van der Waals surface area contributed by atoms with Gasteiger partial charge in [-0.1, -0.05) is 18.2 Å². The maximum atomic E-state index is 10.9. The molecule has 1 aromatic carbocycles. The molecule has 20 heavy (non-hydrogen) atoms. The van der Waals surface area contributed by atoms with E-state index in [4.69, 9.17) is 4.74 Å². The SMILES string of the molecule is CNC1CCC(OCCc2ccccc2[N+](=O)[O-])CC1. The highest BCUT2D eigenvalue weighted by Crippen LogP contribution is 2.22. The lowest BCUT2D eigenvalue weighted by molar-refractivity contribution is -0.385. The summed E-state index contributed by atoms with van der Waals surface area (Å²) in [6.45, 7) is 0.555. The van der Waals surface area contributed by atoms with Gasteiger partial charge in [-0.2, -0.15) is 0 Å². The Balaban J connectivity index is 1.78. The molecule has 0 saturated heterocycles. The van der Waals surface area contributed by atoms with E-state index in [1.165, 1.54) is 0 Å². The van der Waals surface area contributed by atoms with E-state index in [0.29, 0.717) is 25.2 Å². The Morgan fingerprint density at radius 1 is 1.30 bits per heavy atom. The number of nitrogens with one attached hydrogen (secondary N) is 1. The van der Waals surface area contributed by atoms with E-state index in [9.17, 15) is 10.1 Å². The van der Waals surface area contributed by atoms with Crippen molar-refractivity contribution < 1.29 is 9.66 Å². The van der Waals surface area contributed by atoms with Gasteiger partial charge in [-0.15, -0.1) is 0 Å². The minimum absolute atomic E-state index is 0.190. The van der Waals surface area contributed by atoms with Crippen molar-refractivity contribution in [1.29, 1.82) is 0 Å². The van der Waals surface area contributed by atoms with E-state index in [2.05, 4.69) is 5.32 Å². The molecule has 1 fully saturated rings. The van der Waals surface area contributed by atoms with E-state index < -0.39 is 0 Å². The number of nitrogens with zero attached hydrogens (tertiary/aromatic N) is 1. The van der Waals surface area contributed by atoms with E-state index in [1.807, 2.05) is 13.1 Å². The maximum Gasteiger partial charge on any atom is 0.272 e. The lowest BCUT2D eigenvalue weighted by Gasteiger charge is -2.28. The van der Waals surface area contributed by atoms with Gasteiger partial charge in [0.1, 0.15) is 0 Å². The fourth-order valence-electron chi connectivity index (χ4n) is 2.75. The second-order valence-corrected chi connectivity index (χ2v) is 5.27. The predicted octanol–water partition coefficient (Wildman–Crippen LogP) is 2.68. The van der Waals surface area contributed by atoms with E-state index >= 15 is 0 Å². The van der Waals surface area contributed by atoms with Gasteiger partial charge in [-0.3, -0.25) is 10.1 Å². The topological polar surface area (TPSA) is 64.4 Å². The highest BCUT2D eigenvalue weighted by atomic mass is 16.6. The lowest BCUT2D eigenvalue weighted by Crippen LogP contribution is -2.33. The molecule has 1 aromatic rings. The molecule has 1 N–H and O–H groups in total. The van der Waals surface area contributed by atoms with Crippen molar-refractivity contribution in [3.63, 3.8) is 0 Å². The van der Waals surface area contributed by atoms with Gasteiger partial charge in [0.2, 0.25) is 0 Å². The van der Waals surface area contributed by atoms with Crippen LogP contribution in [0.3, 0.4) is 0 Å². The Morgan fingerprint density at radius 2 is 2.00 bits per heavy atom. The summed E-state index contributed by atoms with van der Waals surface area (Å²) in [7, 11) is 2.00. The first-order valence-corrected chi connectivity index (χ1v) is 7.22. The average molecular weight is 278 g/mol. The summed E-state index contributed by atoms with van der Waals surface area (Å²) < 4.78 is 5.86. The fraction of sp³-hybridized carbons (Fsp3) is 0.600. The zero-order valence-electron chi connectivity index (χ0n) is 11.9. The third-order valence-corrected chi connectivity index (χ3v) is 4.00. The van der Waals surface area contributed by atoms with Crippen molar-refractivity contribution in [3.05, 3.63) is 39.9 Å². The third kappa shape index (κ3) is 4.02. The van der Waals surface area contributed by atoms with Crippen LogP contribution in [0.5, 0.6) is 0 Å². The number of rotatable bonds is 6. The van der Waals surface area contributed by atoms with Crippen LogP contribution in [0.1, 0.15) is 31.2 Å². The summed E-state index contributed by atoms with van der Waals surface area (Å²) in [6, 6.07) is 7.50. The number of nitro benzene ring substituents is 1. The zero-order valence-corrected chi connectivity index (χ0v) is 11.9. The average Bonchev–Trinajstić information content (AvgIpc) is 2.48. The van der Waals surface area contributed by atoms with Crippen LogP contribution in [0.4, 0.5) is 5.69 Å². The van der Waals surface area contributed by atoms with Crippen LogP contribution in [-0.2, 0) is 11.2 Å². The summed E-state index contributed by atoms with van der Waals surface area (Å²) in [6.07, 6.45) is 5.34. The molecule has 0 amide bonds. The largest absolute Gasteiger partial charge is 0.378 e. The number of para-hydroxylation sites is 1. The minimum Gasteiger partial charge on any atom is -0.378 e. The monoisotopic (exact) mass is 278 g/mol. The molecule has 110 valence electrons. The summed E-state index contributed by atoms with van der Waals surface area (Å²) in [5, 5.41) is 14.2. The Hall–Kier alpha value is -1.46. The van der Waals surface area contributed by atoms with Gasteiger partial charge in [0.25, 0.3) is 5.69 Å². The van der Waals surface area contributed by atoms with Crippen molar-refractivity contribution in [1.82, 2.24) is 5.32 Å². The number of hydrogen-bond acceptors (Lipinski definition) is 4. The molecule has 1 aliphatic rings. The molecule has 2 rings (SSSR count). The van der Waals surface area contributed by atoms with Crippen LogP contribution < -0.4 is 5.32 Å². The Bertz CT molecular complexity index is 442. The second-order valence-electron chi connectivity index (χ2n) is 5.27. The van der Waals surface area contributed by atoms with Gasteiger partial charge in [0.05, 0.1) is 17.6 Å². The van der Waals surface area contributed by atoms with Gasteiger partial charge < -0.3 is 10.1 Å². The van der Waals surface area contributed by atoms with E-state index in [-0.39, 0.29) is 10.6 Å². The first kappa shape index (κ1) is 14.9. The molecule has 0 bridgehead atoms. The molecule has 1 aliphatic carbocycles. The summed E-state index contributed by atoms with van der Waals surface area (Å²) in [4.78, 5) is 10.6. The van der Waals surface area contributed by atoms with Gasteiger partial charge in [0, 0.05) is 24.1 Å². The summed E-state index contributed by atoms with van der Waals surface area (Å²) >= 11 is 0. The molecule has 5 nitrogen and oxygen atoms in total. The van der Waals surface area contributed by atoms with Gasteiger partial charge in [0.15, 0.2) is 0 Å². The molecule has 0 radical (unpaired) electrons. The van der Waals surface area contributed by atoms with E-state index in [0.717, 1.165) is 31.2 Å². The van der Waals surface area contributed by atoms with Crippen molar-refractivity contribution in [2.75, 3.05) is 13.7 Å². The first-order chi connectivity index (χ1) is 9.70. The minimum atomic E-state index is -0.326. The summed E-state index contributed by atoms with van der Waals surface area (Å²) in [5.41, 5.74) is 0.941. The van der Waals surface area contributed by atoms with Crippen molar-refractivity contribution in [2.45, 2.75) is 44.2 Å². The first-order valence-electron chi connectivity index (χ1n) is 7.22. The highest BCUT2D eigenvalue weighted by Gasteiger charge is 2.20. The van der Waals surface area contributed by atoms with Crippen LogP contribution in [0.25, 0.3) is 0 Å². The van der Waals surface area contributed by atoms with Crippen LogP contribution in [0, 0.1) is 10.1 Å². The number of ether oxygens (including phenoxy) is 1. The Labute approximate surface area is 119 Å². The van der Waals surface area contributed by atoms with Crippen LogP contribution in [0.2, 0.25) is 0 Å².